The molecule has 2 aromatic carbocycles. The zero-order valence-corrected chi connectivity index (χ0v) is 12.5. The van der Waals surface area contributed by atoms with E-state index >= 15 is 0 Å². The number of tetrazole rings is 1. The molecule has 1 heterocycles. The summed E-state index contributed by atoms with van der Waals surface area (Å²) in [5.41, 5.74) is 2.28. The lowest BCUT2D eigenvalue weighted by Crippen LogP contribution is -2.15. The number of nitrogens with zero attached hydrogens (tertiary/aromatic N) is 4. The Kier molecular flexibility index (Phi) is 4.28. The maximum Gasteiger partial charge on any atom is 0.228 e. The van der Waals surface area contributed by atoms with Crippen molar-refractivity contribution in [3.8, 4) is 11.4 Å². The molecule has 3 rings (SSSR count). The van der Waals surface area contributed by atoms with E-state index < -0.39 is 0 Å². The Hall–Kier alpha value is -3.22. The van der Waals surface area contributed by atoms with E-state index in [2.05, 4.69) is 20.8 Å². The summed E-state index contributed by atoms with van der Waals surface area (Å²) in [4.78, 5) is 12.2. The minimum Gasteiger partial charge on any atom is -0.496 e. The van der Waals surface area contributed by atoms with E-state index in [9.17, 15) is 4.79 Å². The molecule has 0 bridgehead atoms. The van der Waals surface area contributed by atoms with Gasteiger partial charge >= 0.3 is 0 Å². The predicted octanol–water partition coefficient (Wildman–Crippen LogP) is 1.85. The number of hydrogen-bond acceptors (Lipinski definition) is 5. The summed E-state index contributed by atoms with van der Waals surface area (Å²) < 4.78 is 6.78. The van der Waals surface area contributed by atoms with Gasteiger partial charge in [0.05, 0.1) is 19.2 Å². The second-order valence-electron chi connectivity index (χ2n) is 4.84. The summed E-state index contributed by atoms with van der Waals surface area (Å²) in [6, 6.07) is 14.8. The highest BCUT2D eigenvalue weighted by atomic mass is 16.5. The van der Waals surface area contributed by atoms with Crippen LogP contribution in [0.15, 0.2) is 54.9 Å². The van der Waals surface area contributed by atoms with E-state index in [4.69, 9.17) is 4.74 Å². The lowest BCUT2D eigenvalue weighted by molar-refractivity contribution is -0.115. The molecule has 0 saturated carbocycles. The van der Waals surface area contributed by atoms with Gasteiger partial charge in [0, 0.05) is 11.3 Å². The molecule has 7 nitrogen and oxygen atoms in total. The lowest BCUT2D eigenvalue weighted by atomic mass is 10.1. The Balaban J connectivity index is 1.72. The molecular weight excluding hydrogens is 294 g/mol. The molecule has 1 aromatic heterocycles. The summed E-state index contributed by atoms with van der Waals surface area (Å²) in [7, 11) is 1.59. The van der Waals surface area contributed by atoms with E-state index in [0.29, 0.717) is 11.4 Å². The molecule has 0 spiro atoms. The van der Waals surface area contributed by atoms with Crippen molar-refractivity contribution in [2.75, 3.05) is 12.4 Å². The summed E-state index contributed by atoms with van der Waals surface area (Å²) >= 11 is 0. The van der Waals surface area contributed by atoms with E-state index in [1.165, 1.54) is 11.0 Å². The van der Waals surface area contributed by atoms with Gasteiger partial charge in [-0.05, 0) is 34.7 Å². The minimum atomic E-state index is -0.122. The molecule has 3 aromatic rings. The summed E-state index contributed by atoms with van der Waals surface area (Å²) in [5.74, 6) is 0.577. The molecular formula is C16H15N5O2. The maximum atomic E-state index is 12.2. The van der Waals surface area contributed by atoms with Crippen LogP contribution in [0.25, 0.3) is 5.69 Å². The number of ether oxygens (including phenoxy) is 1. The molecule has 0 atom stereocenters. The second-order valence-corrected chi connectivity index (χ2v) is 4.84. The van der Waals surface area contributed by atoms with Crippen molar-refractivity contribution < 1.29 is 9.53 Å². The number of aromatic nitrogens is 4. The van der Waals surface area contributed by atoms with Crippen molar-refractivity contribution in [3.63, 3.8) is 0 Å². The highest BCUT2D eigenvalue weighted by Gasteiger charge is 2.09. The fourth-order valence-electron chi connectivity index (χ4n) is 2.23. The Morgan fingerprint density at radius 2 is 2.09 bits per heavy atom. The summed E-state index contributed by atoms with van der Waals surface area (Å²) in [6.07, 6.45) is 1.73. The average Bonchev–Trinajstić information content (AvgIpc) is 3.10. The Morgan fingerprint density at radius 3 is 2.87 bits per heavy atom. The van der Waals surface area contributed by atoms with Crippen LogP contribution in [-0.4, -0.2) is 33.2 Å². The first-order valence-electron chi connectivity index (χ1n) is 7.01. The third kappa shape index (κ3) is 3.52. The standard InChI is InChI=1S/C16H15N5O2/c1-23-15-8-3-2-5-12(15)9-16(22)18-13-6-4-7-14(10-13)21-11-17-19-20-21/h2-8,10-11H,9H2,1H3,(H,18,22). The van der Waals surface area contributed by atoms with Gasteiger partial charge in [0.1, 0.15) is 12.1 Å². The van der Waals surface area contributed by atoms with E-state index in [1.807, 2.05) is 42.5 Å². The van der Waals surface area contributed by atoms with Crippen molar-refractivity contribution in [3.05, 3.63) is 60.4 Å². The number of rotatable bonds is 5. The first-order chi connectivity index (χ1) is 11.3. The van der Waals surface area contributed by atoms with Gasteiger partial charge in [-0.15, -0.1) is 5.10 Å². The van der Waals surface area contributed by atoms with Gasteiger partial charge in [0.25, 0.3) is 0 Å². The van der Waals surface area contributed by atoms with Gasteiger partial charge in [-0.3, -0.25) is 4.79 Å². The van der Waals surface area contributed by atoms with E-state index in [1.54, 1.807) is 13.2 Å². The van der Waals surface area contributed by atoms with Crippen LogP contribution < -0.4 is 10.1 Å². The van der Waals surface area contributed by atoms with Crippen molar-refractivity contribution in [1.82, 2.24) is 20.2 Å². The number of carbonyl (C=O) groups excluding carboxylic acids is 1. The van der Waals surface area contributed by atoms with Gasteiger partial charge in [-0.1, -0.05) is 24.3 Å². The van der Waals surface area contributed by atoms with E-state index in [-0.39, 0.29) is 12.3 Å². The predicted molar refractivity (Wildman–Crippen MR) is 84.5 cm³/mol. The molecule has 0 radical (unpaired) electrons. The third-order valence-electron chi connectivity index (χ3n) is 3.29. The van der Waals surface area contributed by atoms with Gasteiger partial charge in [0.15, 0.2) is 0 Å². The summed E-state index contributed by atoms with van der Waals surface area (Å²) in [6.45, 7) is 0. The van der Waals surface area contributed by atoms with Crippen molar-refractivity contribution in [2.24, 2.45) is 0 Å². The van der Waals surface area contributed by atoms with Crippen LogP contribution in [0, 0.1) is 0 Å². The Labute approximate surface area is 132 Å². The fraction of sp³-hybridized carbons (Fsp3) is 0.125. The first-order valence-corrected chi connectivity index (χ1v) is 7.01. The monoisotopic (exact) mass is 309 g/mol. The van der Waals surface area contributed by atoms with Crippen LogP contribution in [0.3, 0.4) is 0 Å². The van der Waals surface area contributed by atoms with Crippen molar-refractivity contribution in [2.45, 2.75) is 6.42 Å². The van der Waals surface area contributed by atoms with Crippen LogP contribution in [0.4, 0.5) is 5.69 Å². The molecule has 0 aliphatic carbocycles. The molecule has 7 heteroatoms. The smallest absolute Gasteiger partial charge is 0.228 e. The summed E-state index contributed by atoms with van der Waals surface area (Å²) in [5, 5.41) is 13.9. The number of anilines is 1. The molecule has 1 N–H and O–H groups in total. The second kappa shape index (κ2) is 6.69. The lowest BCUT2D eigenvalue weighted by Gasteiger charge is -2.09. The van der Waals surface area contributed by atoms with Gasteiger partial charge < -0.3 is 10.1 Å². The molecule has 116 valence electrons. The highest BCUT2D eigenvalue weighted by Crippen LogP contribution is 2.19. The van der Waals surface area contributed by atoms with Crippen LogP contribution in [0.5, 0.6) is 5.75 Å². The zero-order chi connectivity index (χ0) is 16.1. The number of para-hydroxylation sites is 1. The first kappa shape index (κ1) is 14.7. The molecule has 0 fully saturated rings. The molecule has 23 heavy (non-hydrogen) atoms. The molecule has 0 unspecified atom stereocenters. The zero-order valence-electron chi connectivity index (χ0n) is 12.5. The molecule has 1 amide bonds. The van der Waals surface area contributed by atoms with Gasteiger partial charge in [-0.2, -0.15) is 0 Å². The van der Waals surface area contributed by atoms with Gasteiger partial charge in [0.2, 0.25) is 5.91 Å². The van der Waals surface area contributed by atoms with Crippen LogP contribution in [0.1, 0.15) is 5.56 Å². The Morgan fingerprint density at radius 1 is 1.22 bits per heavy atom. The van der Waals surface area contributed by atoms with Gasteiger partial charge in [-0.25, -0.2) is 4.68 Å². The van der Waals surface area contributed by atoms with Crippen molar-refractivity contribution >= 4 is 11.6 Å². The quantitative estimate of drug-likeness (QED) is 0.778. The number of amides is 1. The number of nitrogens with one attached hydrogen (secondary N) is 1. The maximum absolute atomic E-state index is 12.2. The van der Waals surface area contributed by atoms with E-state index in [0.717, 1.165) is 11.3 Å². The average molecular weight is 309 g/mol. The topological polar surface area (TPSA) is 81.9 Å². The third-order valence-corrected chi connectivity index (χ3v) is 3.29. The number of carbonyl (C=O) groups is 1. The molecule has 0 saturated heterocycles. The number of methoxy groups -OCH3 is 1. The fourth-order valence-corrected chi connectivity index (χ4v) is 2.23. The number of hydrogen-bond donors (Lipinski definition) is 1. The largest absolute Gasteiger partial charge is 0.496 e. The molecule has 0 aliphatic rings. The van der Waals surface area contributed by atoms with Crippen LogP contribution >= 0.6 is 0 Å². The van der Waals surface area contributed by atoms with Crippen molar-refractivity contribution in [1.29, 1.82) is 0 Å². The number of benzene rings is 2. The normalized spacial score (nSPS) is 10.3. The SMILES string of the molecule is COc1ccccc1CC(=O)Nc1cccc(-n2cnnn2)c1. The van der Waals surface area contributed by atoms with Crippen LogP contribution in [0.2, 0.25) is 0 Å². The highest BCUT2D eigenvalue weighted by molar-refractivity contribution is 5.92. The molecule has 0 aliphatic heterocycles. The van der Waals surface area contributed by atoms with Crippen LogP contribution in [-0.2, 0) is 11.2 Å². The minimum absolute atomic E-state index is 0.122. The Bertz CT molecular complexity index is 802.